The summed E-state index contributed by atoms with van der Waals surface area (Å²) in [7, 11) is 0. The van der Waals surface area contributed by atoms with E-state index in [1.54, 1.807) is 52.9 Å². The van der Waals surface area contributed by atoms with Crippen molar-refractivity contribution in [2.24, 2.45) is 0 Å². The summed E-state index contributed by atoms with van der Waals surface area (Å²) in [6, 6.07) is 21.9. The van der Waals surface area contributed by atoms with Gasteiger partial charge in [-0.3, -0.25) is 19.4 Å². The van der Waals surface area contributed by atoms with Crippen molar-refractivity contribution < 1.29 is 19.5 Å². The van der Waals surface area contributed by atoms with Crippen LogP contribution in [-0.2, 0) is 17.8 Å². The number of aliphatic carboxylic acids is 1. The number of amides is 2. The molecule has 0 saturated carbocycles. The zero-order chi connectivity index (χ0) is 26.0. The summed E-state index contributed by atoms with van der Waals surface area (Å²) in [5.41, 5.74) is 3.00. The zero-order valence-corrected chi connectivity index (χ0v) is 21.0. The van der Waals surface area contributed by atoms with Gasteiger partial charge in [0.15, 0.2) is 0 Å². The average Bonchev–Trinajstić information content (AvgIpc) is 3.45. The number of carbonyl (C=O) groups is 3. The second-order valence-electron chi connectivity index (χ2n) is 8.40. The lowest BCUT2D eigenvalue weighted by molar-refractivity contribution is -0.137. The molecule has 0 fully saturated rings. The number of aromatic nitrogens is 1. The molecular formula is C29H27N3O4S. The highest BCUT2D eigenvalue weighted by Gasteiger charge is 2.22. The van der Waals surface area contributed by atoms with Crippen LogP contribution in [0.3, 0.4) is 0 Å². The Morgan fingerprint density at radius 1 is 0.865 bits per heavy atom. The van der Waals surface area contributed by atoms with Gasteiger partial charge in [-0.15, -0.1) is 11.3 Å². The summed E-state index contributed by atoms with van der Waals surface area (Å²) in [5.74, 6) is -1.49. The van der Waals surface area contributed by atoms with Crippen LogP contribution in [0.1, 0.15) is 37.6 Å². The molecule has 4 aromatic rings. The molecule has 0 atom stereocenters. The molecule has 37 heavy (non-hydrogen) atoms. The van der Waals surface area contributed by atoms with Gasteiger partial charge in [-0.05, 0) is 52.8 Å². The molecule has 0 unspecified atom stereocenters. The Kier molecular flexibility index (Phi) is 8.78. The molecule has 0 aliphatic rings. The highest BCUT2D eigenvalue weighted by Crippen LogP contribution is 2.28. The van der Waals surface area contributed by atoms with E-state index in [-0.39, 0.29) is 24.8 Å². The fraction of sp³-hybridized carbons (Fsp3) is 0.172. The summed E-state index contributed by atoms with van der Waals surface area (Å²) in [5, 5.41) is 14.1. The van der Waals surface area contributed by atoms with E-state index in [1.165, 1.54) is 0 Å². The number of carboxylic acids is 1. The van der Waals surface area contributed by atoms with Crippen LogP contribution in [0, 0.1) is 0 Å². The molecule has 2 aromatic carbocycles. The van der Waals surface area contributed by atoms with Crippen LogP contribution in [0.2, 0.25) is 0 Å². The Bertz CT molecular complexity index is 1360. The summed E-state index contributed by atoms with van der Waals surface area (Å²) >= 11 is 1.60. The number of pyridine rings is 1. The van der Waals surface area contributed by atoms with Crippen molar-refractivity contribution in [3.8, 4) is 11.1 Å². The van der Waals surface area contributed by atoms with Crippen molar-refractivity contribution >= 4 is 29.1 Å². The lowest BCUT2D eigenvalue weighted by atomic mass is 9.94. The number of thiophene rings is 1. The summed E-state index contributed by atoms with van der Waals surface area (Å²) in [4.78, 5) is 44.9. The van der Waals surface area contributed by atoms with E-state index >= 15 is 0 Å². The third-order valence-corrected chi connectivity index (χ3v) is 6.82. The second-order valence-corrected chi connectivity index (χ2v) is 9.43. The molecule has 0 bridgehead atoms. The van der Waals surface area contributed by atoms with Gasteiger partial charge in [0.05, 0.1) is 6.42 Å². The predicted octanol–water partition coefficient (Wildman–Crippen LogP) is 4.90. The molecular weight excluding hydrogens is 486 g/mol. The number of nitrogens with one attached hydrogen (secondary N) is 1. The van der Waals surface area contributed by atoms with Gasteiger partial charge < -0.3 is 15.3 Å². The van der Waals surface area contributed by atoms with Gasteiger partial charge >= 0.3 is 5.97 Å². The number of nitrogens with zero attached hydrogens (tertiary/aromatic N) is 2. The van der Waals surface area contributed by atoms with Crippen LogP contribution in [0.25, 0.3) is 11.1 Å². The first-order chi connectivity index (χ1) is 18.0. The van der Waals surface area contributed by atoms with E-state index in [1.807, 2.05) is 53.9 Å². The average molecular weight is 514 g/mol. The zero-order valence-electron chi connectivity index (χ0n) is 20.2. The fourth-order valence-electron chi connectivity index (χ4n) is 4.02. The fourth-order valence-corrected chi connectivity index (χ4v) is 4.71. The second kappa shape index (κ2) is 12.6. The highest BCUT2D eigenvalue weighted by molar-refractivity contribution is 7.09. The Balaban J connectivity index is 1.61. The maximum atomic E-state index is 13.7. The van der Waals surface area contributed by atoms with Crippen LogP contribution in [-0.4, -0.2) is 45.9 Å². The van der Waals surface area contributed by atoms with Gasteiger partial charge in [-0.2, -0.15) is 0 Å². The highest BCUT2D eigenvalue weighted by atomic mass is 32.1. The van der Waals surface area contributed by atoms with Crippen molar-refractivity contribution in [2.45, 2.75) is 19.4 Å². The molecule has 2 heterocycles. The van der Waals surface area contributed by atoms with E-state index in [0.717, 1.165) is 10.4 Å². The van der Waals surface area contributed by atoms with Gasteiger partial charge in [0.2, 0.25) is 0 Å². The van der Waals surface area contributed by atoms with E-state index in [2.05, 4.69) is 10.3 Å². The summed E-state index contributed by atoms with van der Waals surface area (Å²) < 4.78 is 0. The number of carbonyl (C=O) groups excluding carboxylic acids is 2. The number of rotatable bonds is 11. The quantitative estimate of drug-likeness (QED) is 0.297. The number of carboxylic acid groups (broad SMARTS) is 1. The van der Waals surface area contributed by atoms with Crippen LogP contribution < -0.4 is 5.32 Å². The smallest absolute Gasteiger partial charge is 0.305 e. The van der Waals surface area contributed by atoms with Gasteiger partial charge in [0.1, 0.15) is 0 Å². The largest absolute Gasteiger partial charge is 0.481 e. The first kappa shape index (κ1) is 25.8. The number of hydrogen-bond acceptors (Lipinski definition) is 5. The van der Waals surface area contributed by atoms with E-state index in [0.29, 0.717) is 41.8 Å². The molecule has 7 nitrogen and oxygen atoms in total. The predicted molar refractivity (Wildman–Crippen MR) is 143 cm³/mol. The minimum absolute atomic E-state index is 0.0983. The normalized spacial score (nSPS) is 10.6. The molecule has 0 radical (unpaired) electrons. The van der Waals surface area contributed by atoms with E-state index in [4.69, 9.17) is 0 Å². The Hall–Kier alpha value is -4.30. The summed E-state index contributed by atoms with van der Waals surface area (Å²) in [6.45, 7) is 0.822. The van der Waals surface area contributed by atoms with Crippen molar-refractivity contribution in [3.05, 3.63) is 112 Å². The molecule has 0 aliphatic heterocycles. The Morgan fingerprint density at radius 2 is 1.59 bits per heavy atom. The topological polar surface area (TPSA) is 99.6 Å². The molecule has 0 spiro atoms. The number of benzene rings is 2. The monoisotopic (exact) mass is 513 g/mol. The first-order valence-corrected chi connectivity index (χ1v) is 12.8. The Labute approximate surface area is 219 Å². The van der Waals surface area contributed by atoms with Gasteiger partial charge in [0.25, 0.3) is 11.8 Å². The van der Waals surface area contributed by atoms with E-state index in [9.17, 15) is 19.5 Å². The maximum Gasteiger partial charge on any atom is 0.305 e. The minimum atomic E-state index is -0.960. The minimum Gasteiger partial charge on any atom is -0.481 e. The molecule has 188 valence electrons. The van der Waals surface area contributed by atoms with Crippen LogP contribution >= 0.6 is 11.3 Å². The molecule has 2 N–H and O–H groups in total. The summed E-state index contributed by atoms with van der Waals surface area (Å²) in [6.07, 6.45) is 3.86. The first-order valence-electron chi connectivity index (χ1n) is 11.9. The standard InChI is InChI=1S/C29H27N3O4S/c33-27(34)14-17-32(16-13-22-8-6-18-37-22)29(36)26-12-4-2-10-24(26)23-9-1-3-11-25(23)28(35)31-20-21-7-5-15-30-19-21/h1-12,15,18-19H,13-14,16-17,20H2,(H,31,35)(H,33,34). The van der Waals surface area contributed by atoms with Crippen molar-refractivity contribution in [3.63, 3.8) is 0 Å². The maximum absolute atomic E-state index is 13.7. The molecule has 0 saturated heterocycles. The third kappa shape index (κ3) is 6.89. The number of hydrogen-bond donors (Lipinski definition) is 2. The van der Waals surface area contributed by atoms with Crippen LogP contribution in [0.4, 0.5) is 0 Å². The molecule has 8 heteroatoms. The van der Waals surface area contributed by atoms with Gasteiger partial charge in [-0.1, -0.05) is 48.5 Å². The van der Waals surface area contributed by atoms with Crippen LogP contribution in [0.5, 0.6) is 0 Å². The SMILES string of the molecule is O=C(O)CCN(CCc1cccs1)C(=O)c1ccccc1-c1ccccc1C(=O)NCc1cccnc1. The Morgan fingerprint density at radius 3 is 2.27 bits per heavy atom. The lowest BCUT2D eigenvalue weighted by Gasteiger charge is -2.23. The molecule has 0 aliphatic carbocycles. The third-order valence-electron chi connectivity index (χ3n) is 5.89. The lowest BCUT2D eigenvalue weighted by Crippen LogP contribution is -2.35. The van der Waals surface area contributed by atoms with E-state index < -0.39 is 5.97 Å². The van der Waals surface area contributed by atoms with Crippen molar-refractivity contribution in [1.82, 2.24) is 15.2 Å². The van der Waals surface area contributed by atoms with Gasteiger partial charge in [-0.25, -0.2) is 0 Å². The molecule has 4 rings (SSSR count). The van der Waals surface area contributed by atoms with Crippen LogP contribution in [0.15, 0.2) is 90.6 Å². The molecule has 2 amide bonds. The van der Waals surface area contributed by atoms with Crippen molar-refractivity contribution in [1.29, 1.82) is 0 Å². The molecule has 2 aromatic heterocycles. The van der Waals surface area contributed by atoms with Gasteiger partial charge in [0, 0.05) is 48.0 Å². The van der Waals surface area contributed by atoms with Crippen molar-refractivity contribution in [2.75, 3.05) is 13.1 Å².